The van der Waals surface area contributed by atoms with Gasteiger partial charge in [0.1, 0.15) is 5.60 Å². The van der Waals surface area contributed by atoms with Crippen LogP contribution in [-0.4, -0.2) is 40.8 Å². The van der Waals surface area contributed by atoms with Crippen molar-refractivity contribution < 1.29 is 9.53 Å². The lowest BCUT2D eigenvalue weighted by atomic mass is 9.97. The van der Waals surface area contributed by atoms with Gasteiger partial charge in [0.15, 0.2) is 0 Å². The van der Waals surface area contributed by atoms with Crippen LogP contribution in [0, 0.1) is 0 Å². The Morgan fingerprint density at radius 1 is 1.05 bits per heavy atom. The third kappa shape index (κ3) is 3.04. The molecule has 1 aliphatic carbocycles. The molecule has 0 unspecified atom stereocenters. The van der Waals surface area contributed by atoms with E-state index in [4.69, 9.17) is 4.74 Å². The Morgan fingerprint density at radius 3 is 2.11 bits per heavy atom. The fourth-order valence-corrected chi connectivity index (χ4v) is 3.51. The first-order valence-electron chi connectivity index (χ1n) is 7.70. The van der Waals surface area contributed by atoms with Crippen LogP contribution in [0.2, 0.25) is 0 Å². The van der Waals surface area contributed by atoms with E-state index in [-0.39, 0.29) is 11.7 Å². The first-order valence-corrected chi connectivity index (χ1v) is 7.70. The fraction of sp³-hybridized carbons (Fsp3) is 0.933. The zero-order valence-corrected chi connectivity index (χ0v) is 12.3. The molecular weight excluding hydrogens is 240 g/mol. The van der Waals surface area contributed by atoms with Gasteiger partial charge in [-0.25, -0.2) is 4.79 Å². The molecule has 3 fully saturated rings. The van der Waals surface area contributed by atoms with Crippen LogP contribution in [0.4, 0.5) is 4.79 Å². The second-order valence-electron chi connectivity index (χ2n) is 7.38. The molecule has 108 valence electrons. The van der Waals surface area contributed by atoms with E-state index in [1.54, 1.807) is 0 Å². The third-order valence-corrected chi connectivity index (χ3v) is 4.39. The van der Waals surface area contributed by atoms with E-state index < -0.39 is 0 Å². The van der Waals surface area contributed by atoms with E-state index in [0.29, 0.717) is 18.1 Å². The minimum absolute atomic E-state index is 0.107. The molecule has 0 aromatic carbocycles. The van der Waals surface area contributed by atoms with Crippen molar-refractivity contribution in [3.05, 3.63) is 0 Å². The first kappa shape index (κ1) is 13.2. The van der Waals surface area contributed by atoms with E-state index in [1.807, 2.05) is 25.7 Å². The highest BCUT2D eigenvalue weighted by atomic mass is 16.6. The first-order chi connectivity index (χ1) is 8.92. The second kappa shape index (κ2) is 4.65. The van der Waals surface area contributed by atoms with Gasteiger partial charge in [-0.3, -0.25) is 0 Å². The van der Waals surface area contributed by atoms with Crippen molar-refractivity contribution in [3.8, 4) is 0 Å². The minimum Gasteiger partial charge on any atom is -0.444 e. The summed E-state index contributed by atoms with van der Waals surface area (Å²) in [5.41, 5.74) is -0.389. The molecule has 4 heteroatoms. The molecule has 0 aromatic rings. The molecule has 0 radical (unpaired) electrons. The van der Waals surface area contributed by atoms with Crippen LogP contribution in [0.25, 0.3) is 0 Å². The number of carbonyl (C=O) groups is 1. The molecule has 0 aromatic heterocycles. The summed E-state index contributed by atoms with van der Waals surface area (Å²) in [6.07, 6.45) is 7.06. The SMILES string of the molecule is CC(C)(C)OC(=O)N1[C@@H]2CC[C@@H]1CC(NC1CC1)C2. The van der Waals surface area contributed by atoms with Gasteiger partial charge in [0.2, 0.25) is 0 Å². The summed E-state index contributed by atoms with van der Waals surface area (Å²) in [4.78, 5) is 14.3. The van der Waals surface area contributed by atoms with E-state index in [9.17, 15) is 4.79 Å². The average Bonchev–Trinajstić information content (AvgIpc) is 3.02. The van der Waals surface area contributed by atoms with E-state index in [1.165, 1.54) is 12.8 Å². The van der Waals surface area contributed by atoms with Gasteiger partial charge in [0.05, 0.1) is 0 Å². The van der Waals surface area contributed by atoms with Gasteiger partial charge in [0, 0.05) is 24.2 Å². The molecule has 19 heavy (non-hydrogen) atoms. The van der Waals surface area contributed by atoms with Crippen molar-refractivity contribution in [1.29, 1.82) is 0 Å². The summed E-state index contributed by atoms with van der Waals surface area (Å²) < 4.78 is 5.55. The summed E-state index contributed by atoms with van der Waals surface area (Å²) in [6.45, 7) is 5.82. The lowest BCUT2D eigenvalue weighted by molar-refractivity contribution is 0.00468. The minimum atomic E-state index is -0.389. The Labute approximate surface area is 115 Å². The molecule has 4 nitrogen and oxygen atoms in total. The maximum atomic E-state index is 12.3. The second-order valence-corrected chi connectivity index (χ2v) is 7.38. The summed E-state index contributed by atoms with van der Waals surface area (Å²) in [7, 11) is 0. The molecule has 1 amide bonds. The predicted octanol–water partition coefficient (Wildman–Crippen LogP) is 2.67. The van der Waals surface area contributed by atoms with E-state index in [0.717, 1.165) is 31.7 Å². The number of fused-ring (bicyclic) bond motifs is 2. The number of hydrogen-bond acceptors (Lipinski definition) is 3. The summed E-state index contributed by atoms with van der Waals surface area (Å²) in [5, 5.41) is 3.72. The highest BCUT2D eigenvalue weighted by Crippen LogP contribution is 2.37. The Bertz CT molecular complexity index is 346. The van der Waals surface area contributed by atoms with Gasteiger partial charge < -0.3 is 15.0 Å². The van der Waals surface area contributed by atoms with Gasteiger partial charge in [-0.2, -0.15) is 0 Å². The smallest absolute Gasteiger partial charge is 0.410 e. The predicted molar refractivity (Wildman–Crippen MR) is 74.1 cm³/mol. The average molecular weight is 266 g/mol. The van der Waals surface area contributed by atoms with Crippen LogP contribution in [0.5, 0.6) is 0 Å². The normalized spacial score (nSPS) is 34.5. The number of carbonyl (C=O) groups excluding carboxylic acids is 1. The van der Waals surface area contributed by atoms with Gasteiger partial charge in [-0.1, -0.05) is 0 Å². The number of ether oxygens (including phenoxy) is 1. The number of nitrogens with zero attached hydrogens (tertiary/aromatic N) is 1. The van der Waals surface area contributed by atoms with Crippen molar-refractivity contribution >= 4 is 6.09 Å². The third-order valence-electron chi connectivity index (χ3n) is 4.39. The highest BCUT2D eigenvalue weighted by Gasteiger charge is 2.45. The Morgan fingerprint density at radius 2 is 1.63 bits per heavy atom. The van der Waals surface area contributed by atoms with Gasteiger partial charge in [0.25, 0.3) is 0 Å². The molecule has 0 spiro atoms. The quantitative estimate of drug-likeness (QED) is 0.835. The van der Waals surface area contributed by atoms with Crippen LogP contribution in [0.1, 0.15) is 59.3 Å². The van der Waals surface area contributed by atoms with Crippen molar-refractivity contribution in [2.24, 2.45) is 0 Å². The Balaban J connectivity index is 1.60. The summed E-state index contributed by atoms with van der Waals surface area (Å²) in [5.74, 6) is 0. The molecular formula is C15H26N2O2. The molecule has 2 saturated heterocycles. The van der Waals surface area contributed by atoms with Crippen LogP contribution < -0.4 is 5.32 Å². The summed E-state index contributed by atoms with van der Waals surface area (Å²) in [6, 6.07) is 2.16. The maximum absolute atomic E-state index is 12.3. The molecule has 3 aliphatic rings. The Hall–Kier alpha value is -0.770. The van der Waals surface area contributed by atoms with E-state index >= 15 is 0 Å². The molecule has 1 N–H and O–H groups in total. The zero-order chi connectivity index (χ0) is 13.6. The standard InChI is InChI=1S/C15H26N2O2/c1-15(2,3)19-14(18)17-12-6-7-13(17)9-11(8-12)16-10-4-5-10/h10-13,16H,4-9H2,1-3H3/t12-,13-/m1/s1. The van der Waals surface area contributed by atoms with Crippen LogP contribution >= 0.6 is 0 Å². The van der Waals surface area contributed by atoms with Gasteiger partial charge >= 0.3 is 6.09 Å². The number of hydrogen-bond donors (Lipinski definition) is 1. The summed E-state index contributed by atoms with van der Waals surface area (Å²) >= 11 is 0. The lowest BCUT2D eigenvalue weighted by Crippen LogP contribution is -2.52. The molecule has 2 bridgehead atoms. The van der Waals surface area contributed by atoms with E-state index in [2.05, 4.69) is 5.32 Å². The van der Waals surface area contributed by atoms with Crippen molar-refractivity contribution in [2.75, 3.05) is 0 Å². The molecule has 2 atom stereocenters. The van der Waals surface area contributed by atoms with Crippen molar-refractivity contribution in [2.45, 2.75) is 89.1 Å². The number of nitrogens with one attached hydrogen (secondary N) is 1. The molecule has 2 aliphatic heterocycles. The number of amides is 1. The molecule has 2 heterocycles. The zero-order valence-electron chi connectivity index (χ0n) is 12.3. The van der Waals surface area contributed by atoms with Crippen molar-refractivity contribution in [1.82, 2.24) is 10.2 Å². The van der Waals surface area contributed by atoms with Crippen LogP contribution in [-0.2, 0) is 4.74 Å². The fourth-order valence-electron chi connectivity index (χ4n) is 3.51. The van der Waals surface area contributed by atoms with Crippen molar-refractivity contribution in [3.63, 3.8) is 0 Å². The monoisotopic (exact) mass is 266 g/mol. The molecule has 1 saturated carbocycles. The van der Waals surface area contributed by atoms with Crippen LogP contribution in [0.3, 0.4) is 0 Å². The van der Waals surface area contributed by atoms with Gasteiger partial charge in [-0.05, 0) is 59.3 Å². The lowest BCUT2D eigenvalue weighted by Gasteiger charge is -2.39. The highest BCUT2D eigenvalue weighted by molar-refractivity contribution is 5.69. The van der Waals surface area contributed by atoms with Gasteiger partial charge in [-0.15, -0.1) is 0 Å². The maximum Gasteiger partial charge on any atom is 0.410 e. The number of rotatable bonds is 2. The topological polar surface area (TPSA) is 41.6 Å². The number of piperidine rings is 1. The Kier molecular flexibility index (Phi) is 3.24. The largest absolute Gasteiger partial charge is 0.444 e. The molecule has 3 rings (SSSR count). The van der Waals surface area contributed by atoms with Crippen LogP contribution in [0.15, 0.2) is 0 Å².